The van der Waals surface area contributed by atoms with Crippen LogP contribution in [0, 0.1) is 5.92 Å². The Morgan fingerprint density at radius 1 is 1.28 bits per heavy atom. The van der Waals surface area contributed by atoms with Crippen molar-refractivity contribution in [3.05, 3.63) is 0 Å². The molecule has 2 N–H and O–H groups in total. The molecule has 1 heterocycles. The number of guanidine groups is 1. The zero-order chi connectivity index (χ0) is 12.8. The molecule has 2 aliphatic rings. The van der Waals surface area contributed by atoms with E-state index in [0.29, 0.717) is 6.04 Å². The van der Waals surface area contributed by atoms with E-state index in [1.807, 2.05) is 0 Å². The van der Waals surface area contributed by atoms with Crippen LogP contribution in [0.5, 0.6) is 0 Å². The van der Waals surface area contributed by atoms with Gasteiger partial charge in [0.25, 0.3) is 0 Å². The molecule has 0 aromatic carbocycles. The summed E-state index contributed by atoms with van der Waals surface area (Å²) < 4.78 is 0. The molecule has 2 rings (SSSR count). The highest BCUT2D eigenvalue weighted by Gasteiger charge is 2.33. The van der Waals surface area contributed by atoms with Crippen LogP contribution in [0.25, 0.3) is 0 Å². The second kappa shape index (κ2) is 6.98. The van der Waals surface area contributed by atoms with Gasteiger partial charge >= 0.3 is 0 Å². The lowest BCUT2D eigenvalue weighted by atomic mass is 10.1. The highest BCUT2D eigenvalue weighted by molar-refractivity contribution is 5.80. The third-order valence-electron chi connectivity index (χ3n) is 3.91. The third-order valence-corrected chi connectivity index (χ3v) is 3.91. The summed E-state index contributed by atoms with van der Waals surface area (Å²) >= 11 is 0. The summed E-state index contributed by atoms with van der Waals surface area (Å²) in [4.78, 5) is 7.21. The molecule has 0 bridgehead atoms. The van der Waals surface area contributed by atoms with E-state index in [-0.39, 0.29) is 0 Å². The second-order valence-electron chi connectivity index (χ2n) is 5.63. The first-order valence-corrected chi connectivity index (χ1v) is 7.57. The molecule has 104 valence electrons. The second-order valence-corrected chi connectivity index (χ2v) is 5.63. The van der Waals surface area contributed by atoms with Crippen molar-refractivity contribution in [3.8, 4) is 0 Å². The molecule has 0 aromatic rings. The van der Waals surface area contributed by atoms with Gasteiger partial charge in [-0.3, -0.25) is 4.99 Å². The zero-order valence-corrected chi connectivity index (χ0v) is 11.9. The summed E-state index contributed by atoms with van der Waals surface area (Å²) in [5.41, 5.74) is 0. The van der Waals surface area contributed by atoms with Gasteiger partial charge in [-0.1, -0.05) is 13.3 Å². The van der Waals surface area contributed by atoms with Crippen LogP contribution in [0.2, 0.25) is 0 Å². The van der Waals surface area contributed by atoms with Crippen LogP contribution in [0.3, 0.4) is 0 Å². The first kappa shape index (κ1) is 13.7. The van der Waals surface area contributed by atoms with Crippen molar-refractivity contribution in [1.82, 2.24) is 15.5 Å². The van der Waals surface area contributed by atoms with Crippen LogP contribution in [0.15, 0.2) is 4.99 Å². The number of piperidine rings is 1. The molecule has 0 aromatic heterocycles. The number of nitrogens with zero attached hydrogens (tertiary/aromatic N) is 2. The fourth-order valence-corrected chi connectivity index (χ4v) is 2.51. The molecule has 2 atom stereocenters. The van der Waals surface area contributed by atoms with Crippen LogP contribution < -0.4 is 10.6 Å². The van der Waals surface area contributed by atoms with Gasteiger partial charge in [-0.25, -0.2) is 0 Å². The number of likely N-dealkylation sites (tertiary alicyclic amines) is 1. The summed E-state index contributed by atoms with van der Waals surface area (Å²) in [6.45, 7) is 9.90. The van der Waals surface area contributed by atoms with Crippen molar-refractivity contribution in [1.29, 1.82) is 0 Å². The number of hydrogen-bond acceptors (Lipinski definition) is 2. The van der Waals surface area contributed by atoms with Crippen molar-refractivity contribution in [2.75, 3.05) is 32.7 Å². The Hall–Kier alpha value is -0.770. The van der Waals surface area contributed by atoms with Crippen LogP contribution >= 0.6 is 0 Å². The highest BCUT2D eigenvalue weighted by Crippen LogP contribution is 2.28. The normalized spacial score (nSPS) is 29.1. The van der Waals surface area contributed by atoms with E-state index in [1.165, 1.54) is 38.8 Å². The standard InChI is InChI=1S/C14H28N4/c1-3-15-14(17-13-11-12(13)2)16-7-10-18-8-5-4-6-9-18/h12-13H,3-11H2,1-2H3,(H2,15,16,17). The SMILES string of the molecule is CCNC(=NCCN1CCCCC1)NC1CC1C. The van der Waals surface area contributed by atoms with Crippen molar-refractivity contribution in [2.45, 2.75) is 45.6 Å². The largest absolute Gasteiger partial charge is 0.357 e. The minimum atomic E-state index is 0.651. The molecule has 0 spiro atoms. The maximum Gasteiger partial charge on any atom is 0.191 e. The van der Waals surface area contributed by atoms with Crippen LogP contribution in [-0.4, -0.2) is 49.6 Å². The van der Waals surface area contributed by atoms with Crippen LogP contribution in [0.4, 0.5) is 0 Å². The molecule has 4 heteroatoms. The van der Waals surface area contributed by atoms with E-state index in [0.717, 1.165) is 31.5 Å². The van der Waals surface area contributed by atoms with Gasteiger partial charge in [-0.15, -0.1) is 0 Å². The van der Waals surface area contributed by atoms with Gasteiger partial charge in [0.2, 0.25) is 0 Å². The van der Waals surface area contributed by atoms with Crippen molar-refractivity contribution < 1.29 is 0 Å². The van der Waals surface area contributed by atoms with E-state index in [4.69, 9.17) is 0 Å². The average molecular weight is 252 g/mol. The van der Waals surface area contributed by atoms with Gasteiger partial charge in [0.15, 0.2) is 5.96 Å². The Labute approximate surface area is 111 Å². The van der Waals surface area contributed by atoms with Gasteiger partial charge < -0.3 is 15.5 Å². The topological polar surface area (TPSA) is 39.7 Å². The Kier molecular flexibility index (Phi) is 5.29. The van der Waals surface area contributed by atoms with Crippen molar-refractivity contribution >= 4 is 5.96 Å². The minimum absolute atomic E-state index is 0.651. The quantitative estimate of drug-likeness (QED) is 0.574. The fourth-order valence-electron chi connectivity index (χ4n) is 2.51. The van der Waals surface area contributed by atoms with Gasteiger partial charge in [0.05, 0.1) is 6.54 Å². The Morgan fingerprint density at radius 2 is 2.00 bits per heavy atom. The Bertz CT molecular complexity index is 271. The number of aliphatic imine (C=N–C) groups is 1. The number of rotatable bonds is 5. The molecule has 1 aliphatic carbocycles. The highest BCUT2D eigenvalue weighted by atomic mass is 15.2. The van der Waals surface area contributed by atoms with Gasteiger partial charge in [0, 0.05) is 19.1 Å². The fraction of sp³-hybridized carbons (Fsp3) is 0.929. The lowest BCUT2D eigenvalue weighted by molar-refractivity contribution is 0.235. The summed E-state index contributed by atoms with van der Waals surface area (Å²) in [7, 11) is 0. The molecule has 1 aliphatic heterocycles. The van der Waals surface area contributed by atoms with E-state index in [9.17, 15) is 0 Å². The van der Waals surface area contributed by atoms with Crippen molar-refractivity contribution in [3.63, 3.8) is 0 Å². The van der Waals surface area contributed by atoms with Crippen molar-refractivity contribution in [2.24, 2.45) is 10.9 Å². The van der Waals surface area contributed by atoms with Crippen LogP contribution in [0.1, 0.15) is 39.5 Å². The Morgan fingerprint density at radius 3 is 2.61 bits per heavy atom. The first-order valence-electron chi connectivity index (χ1n) is 7.57. The zero-order valence-electron chi connectivity index (χ0n) is 11.9. The molecule has 4 nitrogen and oxygen atoms in total. The van der Waals surface area contributed by atoms with E-state index in [2.05, 4.69) is 34.4 Å². The summed E-state index contributed by atoms with van der Waals surface area (Å²) in [5.74, 6) is 1.82. The lowest BCUT2D eigenvalue weighted by Crippen LogP contribution is -2.40. The Balaban J connectivity index is 1.69. The van der Waals surface area contributed by atoms with Gasteiger partial charge in [0.1, 0.15) is 0 Å². The maximum atomic E-state index is 4.67. The molecule has 2 unspecified atom stereocenters. The van der Waals surface area contributed by atoms with Gasteiger partial charge in [-0.2, -0.15) is 0 Å². The van der Waals surface area contributed by atoms with Gasteiger partial charge in [-0.05, 0) is 45.2 Å². The van der Waals surface area contributed by atoms with E-state index >= 15 is 0 Å². The number of nitrogens with one attached hydrogen (secondary N) is 2. The monoisotopic (exact) mass is 252 g/mol. The third kappa shape index (κ3) is 4.48. The van der Waals surface area contributed by atoms with E-state index < -0.39 is 0 Å². The van der Waals surface area contributed by atoms with E-state index in [1.54, 1.807) is 0 Å². The molecule has 0 amide bonds. The predicted octanol–water partition coefficient (Wildman–Crippen LogP) is 1.44. The molecule has 2 fully saturated rings. The first-order chi connectivity index (χ1) is 8.79. The molecule has 1 saturated carbocycles. The molecular formula is C14H28N4. The summed E-state index contributed by atoms with van der Waals surface area (Å²) in [6.07, 6.45) is 5.42. The lowest BCUT2D eigenvalue weighted by Gasteiger charge is -2.25. The molecule has 1 saturated heterocycles. The predicted molar refractivity (Wildman–Crippen MR) is 77.0 cm³/mol. The summed E-state index contributed by atoms with van der Waals surface area (Å²) in [5, 5.41) is 6.83. The molecule has 0 radical (unpaired) electrons. The average Bonchev–Trinajstić information content (AvgIpc) is 3.06. The molecular weight excluding hydrogens is 224 g/mol. The maximum absolute atomic E-state index is 4.67. The minimum Gasteiger partial charge on any atom is -0.357 e. The molecule has 18 heavy (non-hydrogen) atoms. The number of hydrogen-bond donors (Lipinski definition) is 2. The summed E-state index contributed by atoms with van der Waals surface area (Å²) in [6, 6.07) is 0.651. The van der Waals surface area contributed by atoms with Crippen LogP contribution in [-0.2, 0) is 0 Å². The smallest absolute Gasteiger partial charge is 0.191 e.